The molecule has 16 heavy (non-hydrogen) atoms. The van der Waals surface area contributed by atoms with Crippen molar-refractivity contribution in [2.24, 2.45) is 5.73 Å². The molecule has 0 bridgehead atoms. The van der Waals surface area contributed by atoms with Gasteiger partial charge in [0, 0.05) is 18.0 Å². The molecule has 1 aliphatic rings. The molecule has 1 aromatic rings. The molecule has 1 fully saturated rings. The van der Waals surface area contributed by atoms with Gasteiger partial charge in [-0.15, -0.1) is 11.8 Å². The normalized spacial score (nSPS) is 17.6. The Morgan fingerprint density at radius 2 is 2.12 bits per heavy atom. The molecular weight excluding hydrogens is 216 g/mol. The van der Waals surface area contributed by atoms with Crippen molar-refractivity contribution in [2.45, 2.75) is 55.8 Å². The van der Waals surface area contributed by atoms with E-state index < -0.39 is 0 Å². The largest absolute Gasteiger partial charge is 0.326 e. The Morgan fingerprint density at radius 1 is 1.38 bits per heavy atom. The minimum Gasteiger partial charge on any atom is -0.326 e. The standard InChI is InChI=1S/C13H20N2S/c1-10-7-11(8-14)9-15-13(10)16-12-5-3-2-4-6-12/h7,9,12H,2-6,8,14H2,1H3. The Kier molecular flexibility index (Phi) is 4.24. The summed E-state index contributed by atoms with van der Waals surface area (Å²) in [6.45, 7) is 2.72. The topological polar surface area (TPSA) is 38.9 Å². The van der Waals surface area contributed by atoms with E-state index in [1.165, 1.54) is 42.7 Å². The zero-order valence-corrected chi connectivity index (χ0v) is 10.7. The number of hydrogen-bond donors (Lipinski definition) is 1. The van der Waals surface area contributed by atoms with Gasteiger partial charge in [0.1, 0.15) is 0 Å². The van der Waals surface area contributed by atoms with Crippen molar-refractivity contribution in [3.63, 3.8) is 0 Å². The fraction of sp³-hybridized carbons (Fsp3) is 0.615. The zero-order chi connectivity index (χ0) is 11.4. The third-order valence-corrected chi connectivity index (χ3v) is 4.61. The predicted octanol–water partition coefficient (Wildman–Crippen LogP) is 3.27. The van der Waals surface area contributed by atoms with Crippen LogP contribution in [-0.2, 0) is 6.54 Å². The average molecular weight is 236 g/mol. The van der Waals surface area contributed by atoms with Gasteiger partial charge in [-0.1, -0.05) is 25.3 Å². The third kappa shape index (κ3) is 2.98. The van der Waals surface area contributed by atoms with Crippen LogP contribution in [0.25, 0.3) is 0 Å². The van der Waals surface area contributed by atoms with Crippen LogP contribution in [0.4, 0.5) is 0 Å². The lowest BCUT2D eigenvalue weighted by Gasteiger charge is -2.21. The molecule has 88 valence electrons. The molecule has 0 aromatic carbocycles. The number of rotatable bonds is 3. The Hall–Kier alpha value is -0.540. The van der Waals surface area contributed by atoms with E-state index in [1.54, 1.807) is 0 Å². The summed E-state index contributed by atoms with van der Waals surface area (Å²) >= 11 is 1.96. The molecule has 0 spiro atoms. The highest BCUT2D eigenvalue weighted by atomic mass is 32.2. The maximum Gasteiger partial charge on any atom is 0.0991 e. The van der Waals surface area contributed by atoms with E-state index in [2.05, 4.69) is 18.0 Å². The summed E-state index contributed by atoms with van der Waals surface area (Å²) in [6.07, 6.45) is 8.80. The van der Waals surface area contributed by atoms with E-state index >= 15 is 0 Å². The second-order valence-corrected chi connectivity index (χ2v) is 5.84. The van der Waals surface area contributed by atoms with Gasteiger partial charge in [0.15, 0.2) is 0 Å². The van der Waals surface area contributed by atoms with Crippen molar-refractivity contribution in [2.75, 3.05) is 0 Å². The lowest BCUT2D eigenvalue weighted by molar-refractivity contribution is 0.515. The SMILES string of the molecule is Cc1cc(CN)cnc1SC1CCCCC1. The van der Waals surface area contributed by atoms with E-state index in [-0.39, 0.29) is 0 Å². The zero-order valence-electron chi connectivity index (χ0n) is 9.91. The van der Waals surface area contributed by atoms with Crippen LogP contribution in [0.5, 0.6) is 0 Å². The first kappa shape index (κ1) is 11.9. The van der Waals surface area contributed by atoms with Gasteiger partial charge >= 0.3 is 0 Å². The quantitative estimate of drug-likeness (QED) is 0.875. The number of aryl methyl sites for hydroxylation is 1. The highest BCUT2D eigenvalue weighted by molar-refractivity contribution is 7.99. The Bertz CT molecular complexity index is 346. The second kappa shape index (κ2) is 5.69. The molecule has 1 aromatic heterocycles. The second-order valence-electron chi connectivity index (χ2n) is 4.55. The summed E-state index contributed by atoms with van der Waals surface area (Å²) in [6, 6.07) is 2.16. The van der Waals surface area contributed by atoms with E-state index in [0.717, 1.165) is 10.8 Å². The van der Waals surface area contributed by atoms with Crippen LogP contribution in [0.3, 0.4) is 0 Å². The van der Waals surface area contributed by atoms with Crippen molar-refractivity contribution in [3.8, 4) is 0 Å². The van der Waals surface area contributed by atoms with Gasteiger partial charge < -0.3 is 5.73 Å². The van der Waals surface area contributed by atoms with Crippen molar-refractivity contribution < 1.29 is 0 Å². The van der Waals surface area contributed by atoms with E-state index in [9.17, 15) is 0 Å². The van der Waals surface area contributed by atoms with Gasteiger partial charge in [0.25, 0.3) is 0 Å². The number of hydrogen-bond acceptors (Lipinski definition) is 3. The average Bonchev–Trinajstić information content (AvgIpc) is 2.33. The molecule has 0 unspecified atom stereocenters. The summed E-state index contributed by atoms with van der Waals surface area (Å²) in [5.41, 5.74) is 8.01. The highest BCUT2D eigenvalue weighted by Crippen LogP contribution is 2.33. The molecule has 1 heterocycles. The summed E-state index contributed by atoms with van der Waals surface area (Å²) in [5.74, 6) is 0. The highest BCUT2D eigenvalue weighted by Gasteiger charge is 2.16. The maximum atomic E-state index is 5.61. The lowest BCUT2D eigenvalue weighted by Crippen LogP contribution is -2.08. The van der Waals surface area contributed by atoms with E-state index in [4.69, 9.17) is 5.73 Å². The molecule has 0 atom stereocenters. The van der Waals surface area contributed by atoms with Crippen LogP contribution in [0, 0.1) is 6.92 Å². The summed E-state index contributed by atoms with van der Waals surface area (Å²) < 4.78 is 0. The first-order valence-corrected chi connectivity index (χ1v) is 7.00. The first-order valence-electron chi connectivity index (χ1n) is 6.12. The van der Waals surface area contributed by atoms with E-state index in [1.807, 2.05) is 18.0 Å². The number of thioether (sulfide) groups is 1. The van der Waals surface area contributed by atoms with Crippen LogP contribution < -0.4 is 5.73 Å². The minimum absolute atomic E-state index is 0.586. The first-order chi connectivity index (χ1) is 7.79. The van der Waals surface area contributed by atoms with Crippen LogP contribution >= 0.6 is 11.8 Å². The van der Waals surface area contributed by atoms with Crippen LogP contribution in [0.2, 0.25) is 0 Å². The Morgan fingerprint density at radius 3 is 2.75 bits per heavy atom. The fourth-order valence-corrected chi connectivity index (χ4v) is 3.44. The summed E-state index contributed by atoms with van der Waals surface area (Å²) in [4.78, 5) is 4.53. The summed E-state index contributed by atoms with van der Waals surface area (Å²) in [5, 5.41) is 1.98. The van der Waals surface area contributed by atoms with Gasteiger partial charge in [-0.2, -0.15) is 0 Å². The van der Waals surface area contributed by atoms with Crippen LogP contribution in [0.1, 0.15) is 43.2 Å². The molecule has 0 aliphatic heterocycles. The molecule has 3 heteroatoms. The molecular formula is C13H20N2S. The minimum atomic E-state index is 0.586. The molecule has 0 saturated heterocycles. The van der Waals surface area contributed by atoms with Gasteiger partial charge in [-0.05, 0) is 30.9 Å². The van der Waals surface area contributed by atoms with Gasteiger partial charge in [0.05, 0.1) is 5.03 Å². The summed E-state index contributed by atoms with van der Waals surface area (Å²) in [7, 11) is 0. The molecule has 2 N–H and O–H groups in total. The molecule has 0 radical (unpaired) electrons. The third-order valence-electron chi connectivity index (χ3n) is 3.15. The number of nitrogens with two attached hydrogens (primary N) is 1. The van der Waals surface area contributed by atoms with Crippen molar-refractivity contribution in [1.29, 1.82) is 0 Å². The van der Waals surface area contributed by atoms with Crippen molar-refractivity contribution in [1.82, 2.24) is 4.98 Å². The Labute approximate surface area is 102 Å². The van der Waals surface area contributed by atoms with Crippen LogP contribution in [-0.4, -0.2) is 10.2 Å². The fourth-order valence-electron chi connectivity index (χ4n) is 2.20. The van der Waals surface area contributed by atoms with E-state index in [0.29, 0.717) is 6.54 Å². The number of nitrogens with zero attached hydrogens (tertiary/aromatic N) is 1. The van der Waals surface area contributed by atoms with Gasteiger partial charge in [0.2, 0.25) is 0 Å². The molecule has 1 saturated carbocycles. The maximum absolute atomic E-state index is 5.61. The predicted molar refractivity (Wildman–Crippen MR) is 69.6 cm³/mol. The number of pyridine rings is 1. The molecule has 0 amide bonds. The molecule has 2 rings (SSSR count). The Balaban J connectivity index is 2.03. The molecule has 2 nitrogen and oxygen atoms in total. The lowest BCUT2D eigenvalue weighted by atomic mass is 10.0. The number of aromatic nitrogens is 1. The van der Waals surface area contributed by atoms with Crippen molar-refractivity contribution >= 4 is 11.8 Å². The van der Waals surface area contributed by atoms with Gasteiger partial charge in [-0.3, -0.25) is 0 Å². The molecule has 1 aliphatic carbocycles. The van der Waals surface area contributed by atoms with Crippen molar-refractivity contribution in [3.05, 3.63) is 23.4 Å². The smallest absolute Gasteiger partial charge is 0.0991 e. The monoisotopic (exact) mass is 236 g/mol. The van der Waals surface area contributed by atoms with Gasteiger partial charge in [-0.25, -0.2) is 4.98 Å². The van der Waals surface area contributed by atoms with Crippen LogP contribution in [0.15, 0.2) is 17.3 Å².